The number of hydrogen-bond donors (Lipinski definition) is 0. The standard InChI is InChI=1S/C34H37FO6/c1-6-16-39-22-34(2,3)41-32-17-23(10-14-28(32)30-19-26(37-4)13-15-31(30)35)21-40-27-9-7-8-25(18-27)29(24-11-12-24)20-33(36)38-5/h1,7-10,13-15,17-19,24,29H,11-12,16,20-22H2,2-5H3/t29-/m1/s1. The molecule has 4 rings (SSSR count). The molecule has 3 aromatic rings. The van der Waals surface area contributed by atoms with Crippen LogP contribution in [0.3, 0.4) is 0 Å². The fourth-order valence-electron chi connectivity index (χ4n) is 4.80. The van der Waals surface area contributed by atoms with Gasteiger partial charge in [0.05, 0.1) is 27.2 Å². The second kappa shape index (κ2) is 13.6. The van der Waals surface area contributed by atoms with Gasteiger partial charge in [0.1, 0.15) is 41.9 Å². The van der Waals surface area contributed by atoms with Crippen molar-refractivity contribution in [2.75, 3.05) is 27.4 Å². The van der Waals surface area contributed by atoms with Crippen LogP contribution in [0.5, 0.6) is 17.2 Å². The third-order valence-electron chi connectivity index (χ3n) is 7.03. The topological polar surface area (TPSA) is 63.2 Å². The maximum Gasteiger partial charge on any atom is 0.306 e. The largest absolute Gasteiger partial charge is 0.497 e. The average Bonchev–Trinajstić information content (AvgIpc) is 3.81. The molecule has 7 heteroatoms. The van der Waals surface area contributed by atoms with Crippen molar-refractivity contribution in [1.82, 2.24) is 0 Å². The predicted molar refractivity (Wildman–Crippen MR) is 156 cm³/mol. The Hall–Kier alpha value is -4.02. The van der Waals surface area contributed by atoms with Gasteiger partial charge >= 0.3 is 5.97 Å². The molecule has 0 aromatic heterocycles. The summed E-state index contributed by atoms with van der Waals surface area (Å²) in [6, 6.07) is 18.0. The van der Waals surface area contributed by atoms with E-state index in [1.54, 1.807) is 12.1 Å². The summed E-state index contributed by atoms with van der Waals surface area (Å²) in [6.07, 6.45) is 7.90. The molecular formula is C34H37FO6. The number of benzene rings is 3. The molecule has 1 atom stereocenters. The van der Waals surface area contributed by atoms with Crippen LogP contribution < -0.4 is 14.2 Å². The van der Waals surface area contributed by atoms with Crippen molar-refractivity contribution in [2.24, 2.45) is 5.92 Å². The number of halogens is 1. The van der Waals surface area contributed by atoms with E-state index in [9.17, 15) is 9.18 Å². The summed E-state index contributed by atoms with van der Waals surface area (Å²) in [5.74, 6) is 4.17. The lowest BCUT2D eigenvalue weighted by Crippen LogP contribution is -2.34. The maximum absolute atomic E-state index is 15.0. The SMILES string of the molecule is C#CCOCC(C)(C)Oc1cc(COc2cccc([C@H](CC(=O)OC)C3CC3)c2)ccc1-c1cc(OC)ccc1F. The first-order valence-corrected chi connectivity index (χ1v) is 13.7. The second-order valence-corrected chi connectivity index (χ2v) is 10.8. The first-order valence-electron chi connectivity index (χ1n) is 13.7. The molecule has 0 radical (unpaired) electrons. The zero-order valence-electron chi connectivity index (χ0n) is 24.1. The van der Waals surface area contributed by atoms with Gasteiger partial charge in [-0.3, -0.25) is 4.79 Å². The van der Waals surface area contributed by atoms with E-state index in [1.807, 2.05) is 56.3 Å². The fourth-order valence-corrected chi connectivity index (χ4v) is 4.80. The third kappa shape index (κ3) is 8.25. The molecule has 1 aliphatic carbocycles. The number of carbonyl (C=O) groups excluding carboxylic acids is 1. The Morgan fingerprint density at radius 3 is 2.56 bits per heavy atom. The van der Waals surface area contributed by atoms with Crippen LogP contribution in [0.1, 0.15) is 50.2 Å². The van der Waals surface area contributed by atoms with Gasteiger partial charge in [0.2, 0.25) is 0 Å². The van der Waals surface area contributed by atoms with Crippen molar-refractivity contribution in [3.8, 4) is 40.7 Å². The third-order valence-corrected chi connectivity index (χ3v) is 7.03. The fraction of sp³-hybridized carbons (Fsp3) is 0.382. The monoisotopic (exact) mass is 560 g/mol. The molecule has 0 amide bonds. The van der Waals surface area contributed by atoms with Gasteiger partial charge < -0.3 is 23.7 Å². The Balaban J connectivity index is 1.58. The van der Waals surface area contributed by atoms with E-state index in [4.69, 9.17) is 30.1 Å². The van der Waals surface area contributed by atoms with Crippen LogP contribution in [0.2, 0.25) is 0 Å². The molecule has 6 nitrogen and oxygen atoms in total. The van der Waals surface area contributed by atoms with E-state index in [1.165, 1.54) is 20.3 Å². The molecule has 1 aliphatic rings. The van der Waals surface area contributed by atoms with Gasteiger partial charge in [0.15, 0.2) is 0 Å². The minimum Gasteiger partial charge on any atom is -0.497 e. The van der Waals surface area contributed by atoms with Gasteiger partial charge in [-0.25, -0.2) is 4.39 Å². The van der Waals surface area contributed by atoms with E-state index in [0.29, 0.717) is 40.7 Å². The Kier molecular flexibility index (Phi) is 9.91. The van der Waals surface area contributed by atoms with Crippen LogP contribution in [0.4, 0.5) is 4.39 Å². The molecule has 0 heterocycles. The molecule has 0 spiro atoms. The first kappa shape index (κ1) is 30.0. The summed E-state index contributed by atoms with van der Waals surface area (Å²) in [4.78, 5) is 12.0. The molecule has 3 aromatic carbocycles. The smallest absolute Gasteiger partial charge is 0.306 e. The van der Waals surface area contributed by atoms with Gasteiger partial charge in [-0.15, -0.1) is 6.42 Å². The summed E-state index contributed by atoms with van der Waals surface area (Å²) >= 11 is 0. The lowest BCUT2D eigenvalue weighted by molar-refractivity contribution is -0.141. The zero-order valence-corrected chi connectivity index (χ0v) is 24.1. The molecule has 0 unspecified atom stereocenters. The highest BCUT2D eigenvalue weighted by molar-refractivity contribution is 5.73. The summed E-state index contributed by atoms with van der Waals surface area (Å²) in [6.45, 7) is 4.44. The maximum atomic E-state index is 15.0. The minimum atomic E-state index is -0.744. The van der Waals surface area contributed by atoms with Gasteiger partial charge in [0.25, 0.3) is 0 Å². The molecule has 1 fully saturated rings. The predicted octanol–water partition coefficient (Wildman–Crippen LogP) is 6.94. The van der Waals surface area contributed by atoms with Crippen LogP contribution in [0.15, 0.2) is 60.7 Å². The van der Waals surface area contributed by atoms with E-state index < -0.39 is 11.4 Å². The molecule has 41 heavy (non-hydrogen) atoms. The van der Waals surface area contributed by atoms with Crippen LogP contribution in [0.25, 0.3) is 11.1 Å². The molecule has 0 bridgehead atoms. The average molecular weight is 561 g/mol. The molecule has 0 N–H and O–H groups in total. The highest BCUT2D eigenvalue weighted by Crippen LogP contribution is 2.45. The van der Waals surface area contributed by atoms with Crippen molar-refractivity contribution in [3.05, 3.63) is 77.6 Å². The van der Waals surface area contributed by atoms with Crippen LogP contribution in [-0.4, -0.2) is 39.0 Å². The number of hydrogen-bond acceptors (Lipinski definition) is 6. The van der Waals surface area contributed by atoms with Gasteiger partial charge in [-0.2, -0.15) is 0 Å². The lowest BCUT2D eigenvalue weighted by Gasteiger charge is -2.28. The molecule has 216 valence electrons. The summed E-state index contributed by atoms with van der Waals surface area (Å²) in [7, 11) is 2.96. The zero-order chi connectivity index (χ0) is 29.4. The Bertz CT molecular complexity index is 1390. The van der Waals surface area contributed by atoms with Crippen molar-refractivity contribution in [1.29, 1.82) is 0 Å². The first-order chi connectivity index (χ1) is 19.7. The number of esters is 1. The molecule has 0 saturated heterocycles. The quantitative estimate of drug-likeness (QED) is 0.121. The second-order valence-electron chi connectivity index (χ2n) is 10.8. The van der Waals surface area contributed by atoms with Crippen LogP contribution in [-0.2, 0) is 20.9 Å². The number of rotatable bonds is 14. The van der Waals surface area contributed by atoms with E-state index in [2.05, 4.69) is 5.92 Å². The number of terminal acetylenes is 1. The lowest BCUT2D eigenvalue weighted by atomic mass is 9.91. The van der Waals surface area contributed by atoms with E-state index in [0.717, 1.165) is 24.0 Å². The summed E-state index contributed by atoms with van der Waals surface area (Å²) < 4.78 is 43.3. The Morgan fingerprint density at radius 2 is 1.85 bits per heavy atom. The highest BCUT2D eigenvalue weighted by Gasteiger charge is 2.34. The Morgan fingerprint density at radius 1 is 1.05 bits per heavy atom. The van der Waals surface area contributed by atoms with Gasteiger partial charge in [-0.1, -0.05) is 30.2 Å². The number of ether oxygens (including phenoxy) is 5. The molecular weight excluding hydrogens is 523 g/mol. The van der Waals surface area contributed by atoms with Crippen molar-refractivity contribution in [2.45, 2.75) is 51.2 Å². The van der Waals surface area contributed by atoms with Crippen LogP contribution >= 0.6 is 0 Å². The van der Waals surface area contributed by atoms with Gasteiger partial charge in [0, 0.05) is 11.1 Å². The van der Waals surface area contributed by atoms with E-state index >= 15 is 0 Å². The number of carbonyl (C=O) groups is 1. The summed E-state index contributed by atoms with van der Waals surface area (Å²) in [5, 5.41) is 0. The summed E-state index contributed by atoms with van der Waals surface area (Å²) in [5.41, 5.74) is 2.10. The molecule has 0 aliphatic heterocycles. The Labute approximate surface area is 241 Å². The van der Waals surface area contributed by atoms with E-state index in [-0.39, 0.29) is 31.7 Å². The van der Waals surface area contributed by atoms with Crippen molar-refractivity contribution >= 4 is 5.97 Å². The van der Waals surface area contributed by atoms with Crippen LogP contribution in [0, 0.1) is 24.1 Å². The van der Waals surface area contributed by atoms with Crippen molar-refractivity contribution < 1.29 is 32.9 Å². The number of methoxy groups -OCH3 is 2. The molecule has 1 saturated carbocycles. The van der Waals surface area contributed by atoms with Crippen molar-refractivity contribution in [3.63, 3.8) is 0 Å². The van der Waals surface area contributed by atoms with Gasteiger partial charge in [-0.05, 0) is 86.1 Å². The highest BCUT2D eigenvalue weighted by atomic mass is 19.1. The minimum absolute atomic E-state index is 0.113. The normalized spacial score (nSPS) is 13.7.